The van der Waals surface area contributed by atoms with Gasteiger partial charge < -0.3 is 9.88 Å². The average Bonchev–Trinajstić information content (AvgIpc) is 2.36. The molecule has 2 aromatic rings. The van der Waals surface area contributed by atoms with Gasteiger partial charge in [0.2, 0.25) is 0 Å². The van der Waals surface area contributed by atoms with Gasteiger partial charge in [-0.05, 0) is 32.9 Å². The third kappa shape index (κ3) is 2.78. The standard InChI is InChI=1S/C13H15FN4O/c1-8(2)18-6-4-5-11(13(18)19)17-12-10(14)7-15-9(3)16-12/h4-8H,1-3H3,(H,15,16,17). The van der Waals surface area contributed by atoms with E-state index >= 15 is 0 Å². The topological polar surface area (TPSA) is 59.8 Å². The number of hydrogen-bond donors (Lipinski definition) is 1. The van der Waals surface area contributed by atoms with E-state index in [1.807, 2.05) is 13.8 Å². The lowest BCUT2D eigenvalue weighted by atomic mass is 10.3. The highest BCUT2D eigenvalue weighted by Crippen LogP contribution is 2.14. The van der Waals surface area contributed by atoms with Gasteiger partial charge in [0.25, 0.3) is 5.56 Å². The molecule has 100 valence electrons. The van der Waals surface area contributed by atoms with Gasteiger partial charge in [-0.3, -0.25) is 4.79 Å². The van der Waals surface area contributed by atoms with Crippen molar-refractivity contribution in [1.82, 2.24) is 14.5 Å². The molecule has 0 saturated heterocycles. The Bertz CT molecular complexity index is 651. The summed E-state index contributed by atoms with van der Waals surface area (Å²) in [5.74, 6) is -0.153. The molecule has 0 amide bonds. The molecule has 0 aliphatic heterocycles. The quantitative estimate of drug-likeness (QED) is 0.922. The molecule has 6 heteroatoms. The third-order valence-corrected chi connectivity index (χ3v) is 2.65. The molecule has 2 rings (SSSR count). The minimum Gasteiger partial charge on any atom is -0.333 e. The number of pyridine rings is 1. The number of hydrogen-bond acceptors (Lipinski definition) is 4. The van der Waals surface area contributed by atoms with Gasteiger partial charge in [0.1, 0.15) is 11.5 Å². The summed E-state index contributed by atoms with van der Waals surface area (Å²) in [6.45, 7) is 5.46. The monoisotopic (exact) mass is 262 g/mol. The molecule has 2 heterocycles. The van der Waals surface area contributed by atoms with Crippen LogP contribution < -0.4 is 10.9 Å². The Labute approximate surface area is 110 Å². The van der Waals surface area contributed by atoms with Crippen LogP contribution in [-0.4, -0.2) is 14.5 Å². The van der Waals surface area contributed by atoms with Gasteiger partial charge in [0, 0.05) is 12.2 Å². The summed E-state index contributed by atoms with van der Waals surface area (Å²) in [7, 11) is 0. The van der Waals surface area contributed by atoms with Crippen molar-refractivity contribution < 1.29 is 4.39 Å². The van der Waals surface area contributed by atoms with E-state index in [1.54, 1.807) is 29.8 Å². The van der Waals surface area contributed by atoms with Crippen LogP contribution in [0.1, 0.15) is 25.7 Å². The van der Waals surface area contributed by atoms with Crippen molar-refractivity contribution in [3.05, 3.63) is 46.5 Å². The van der Waals surface area contributed by atoms with Crippen molar-refractivity contribution in [2.24, 2.45) is 0 Å². The zero-order chi connectivity index (χ0) is 14.0. The van der Waals surface area contributed by atoms with Gasteiger partial charge in [-0.25, -0.2) is 14.4 Å². The second-order valence-corrected chi connectivity index (χ2v) is 4.47. The summed E-state index contributed by atoms with van der Waals surface area (Å²) in [5, 5.41) is 2.72. The Morgan fingerprint density at radius 3 is 2.84 bits per heavy atom. The summed E-state index contributed by atoms with van der Waals surface area (Å²) >= 11 is 0. The van der Waals surface area contributed by atoms with Gasteiger partial charge in [-0.1, -0.05) is 0 Å². The van der Waals surface area contributed by atoms with Crippen LogP contribution >= 0.6 is 0 Å². The van der Waals surface area contributed by atoms with Crippen LogP contribution in [-0.2, 0) is 0 Å². The number of nitrogens with zero attached hydrogens (tertiary/aromatic N) is 3. The highest BCUT2D eigenvalue weighted by atomic mass is 19.1. The van der Waals surface area contributed by atoms with Crippen LogP contribution in [0.15, 0.2) is 29.3 Å². The van der Waals surface area contributed by atoms with Crippen LogP contribution in [0.5, 0.6) is 0 Å². The van der Waals surface area contributed by atoms with Crippen molar-refractivity contribution in [2.75, 3.05) is 5.32 Å². The maximum absolute atomic E-state index is 13.5. The third-order valence-electron chi connectivity index (χ3n) is 2.65. The van der Waals surface area contributed by atoms with Crippen LogP contribution in [0.4, 0.5) is 15.9 Å². The molecule has 0 atom stereocenters. The zero-order valence-electron chi connectivity index (χ0n) is 11.0. The molecule has 5 nitrogen and oxygen atoms in total. The maximum Gasteiger partial charge on any atom is 0.274 e. The van der Waals surface area contributed by atoms with Gasteiger partial charge in [-0.2, -0.15) is 0 Å². The second-order valence-electron chi connectivity index (χ2n) is 4.47. The van der Waals surface area contributed by atoms with E-state index < -0.39 is 5.82 Å². The van der Waals surface area contributed by atoms with Crippen molar-refractivity contribution in [2.45, 2.75) is 26.8 Å². The number of rotatable bonds is 3. The summed E-state index contributed by atoms with van der Waals surface area (Å²) < 4.78 is 15.1. The van der Waals surface area contributed by atoms with Gasteiger partial charge in [0.05, 0.1) is 6.20 Å². The SMILES string of the molecule is Cc1ncc(F)c(Nc2cccn(C(C)C)c2=O)n1. The lowest BCUT2D eigenvalue weighted by molar-refractivity contribution is 0.579. The molecule has 1 N–H and O–H groups in total. The fraction of sp³-hybridized carbons (Fsp3) is 0.308. The first-order valence-corrected chi connectivity index (χ1v) is 5.96. The average molecular weight is 262 g/mol. The van der Waals surface area contributed by atoms with E-state index in [0.717, 1.165) is 6.20 Å². The minimum absolute atomic E-state index is 0.00565. The summed E-state index contributed by atoms with van der Waals surface area (Å²) in [4.78, 5) is 19.8. The molecule has 0 aromatic carbocycles. The Morgan fingerprint density at radius 2 is 2.16 bits per heavy atom. The zero-order valence-corrected chi connectivity index (χ0v) is 11.0. The highest BCUT2D eigenvalue weighted by molar-refractivity contribution is 5.54. The summed E-state index contributed by atoms with van der Waals surface area (Å²) in [6.07, 6.45) is 2.77. The predicted molar refractivity (Wildman–Crippen MR) is 71.1 cm³/mol. The molecule has 0 fully saturated rings. The number of halogens is 1. The Hall–Kier alpha value is -2.24. The van der Waals surface area contributed by atoms with Crippen molar-refractivity contribution >= 4 is 11.5 Å². The Morgan fingerprint density at radius 1 is 1.42 bits per heavy atom. The van der Waals surface area contributed by atoms with E-state index in [-0.39, 0.29) is 23.1 Å². The van der Waals surface area contributed by atoms with Crippen LogP contribution in [0.2, 0.25) is 0 Å². The van der Waals surface area contributed by atoms with E-state index in [4.69, 9.17) is 0 Å². The molecule has 0 bridgehead atoms. The molecule has 0 spiro atoms. The molecule has 2 aromatic heterocycles. The minimum atomic E-state index is -0.593. The Balaban J connectivity index is 2.42. The number of aromatic nitrogens is 3. The molecular weight excluding hydrogens is 247 g/mol. The largest absolute Gasteiger partial charge is 0.333 e. The summed E-state index contributed by atoms with van der Waals surface area (Å²) in [5.41, 5.74) is 0.0707. The molecule has 19 heavy (non-hydrogen) atoms. The second kappa shape index (κ2) is 5.17. The van der Waals surface area contributed by atoms with E-state index in [2.05, 4.69) is 15.3 Å². The first-order chi connectivity index (χ1) is 8.99. The van der Waals surface area contributed by atoms with Crippen molar-refractivity contribution in [3.8, 4) is 0 Å². The van der Waals surface area contributed by atoms with Crippen LogP contribution in [0.25, 0.3) is 0 Å². The number of aryl methyl sites for hydroxylation is 1. The van der Waals surface area contributed by atoms with Crippen LogP contribution in [0, 0.1) is 12.7 Å². The fourth-order valence-corrected chi connectivity index (χ4v) is 1.68. The smallest absolute Gasteiger partial charge is 0.274 e. The van der Waals surface area contributed by atoms with E-state index in [1.165, 1.54) is 0 Å². The number of anilines is 2. The van der Waals surface area contributed by atoms with E-state index in [9.17, 15) is 9.18 Å². The van der Waals surface area contributed by atoms with Crippen LogP contribution in [0.3, 0.4) is 0 Å². The summed E-state index contributed by atoms with van der Waals surface area (Å²) in [6, 6.07) is 3.36. The van der Waals surface area contributed by atoms with Crippen molar-refractivity contribution in [1.29, 1.82) is 0 Å². The van der Waals surface area contributed by atoms with Gasteiger partial charge in [0.15, 0.2) is 11.6 Å². The lowest BCUT2D eigenvalue weighted by Gasteiger charge is -2.12. The van der Waals surface area contributed by atoms with E-state index in [0.29, 0.717) is 5.82 Å². The van der Waals surface area contributed by atoms with Crippen molar-refractivity contribution in [3.63, 3.8) is 0 Å². The van der Waals surface area contributed by atoms with Gasteiger partial charge >= 0.3 is 0 Å². The Kier molecular flexibility index (Phi) is 3.59. The fourth-order valence-electron chi connectivity index (χ4n) is 1.68. The normalized spacial score (nSPS) is 10.8. The maximum atomic E-state index is 13.5. The lowest BCUT2D eigenvalue weighted by Crippen LogP contribution is -2.23. The highest BCUT2D eigenvalue weighted by Gasteiger charge is 2.10. The molecule has 0 aliphatic rings. The molecule has 0 radical (unpaired) electrons. The number of nitrogens with one attached hydrogen (secondary N) is 1. The first kappa shape index (κ1) is 13.2. The predicted octanol–water partition coefficient (Wildman–Crippen LogP) is 2.41. The molecule has 0 aliphatic carbocycles. The first-order valence-electron chi connectivity index (χ1n) is 5.96. The molecule has 0 unspecified atom stereocenters. The van der Waals surface area contributed by atoms with Gasteiger partial charge in [-0.15, -0.1) is 0 Å². The molecule has 0 saturated carbocycles. The molecular formula is C13H15FN4O.